The Bertz CT molecular complexity index is 351. The second-order valence-electron chi connectivity index (χ2n) is 10.2. The number of esters is 1. The lowest BCUT2D eigenvalue weighted by Crippen LogP contribution is -2.05. The minimum atomic E-state index is 0.0209. The van der Waals surface area contributed by atoms with E-state index in [0.717, 1.165) is 18.8 Å². The zero-order valence-corrected chi connectivity index (χ0v) is 21.9. The van der Waals surface area contributed by atoms with Crippen LogP contribution in [0.1, 0.15) is 168 Å². The Morgan fingerprint density at radius 2 is 0.935 bits per heavy atom. The number of unbranched alkanes of at least 4 members (excludes halogenated alkanes) is 19. The molecule has 0 saturated heterocycles. The summed E-state index contributed by atoms with van der Waals surface area (Å²) in [6, 6.07) is 0. The van der Waals surface area contributed by atoms with E-state index < -0.39 is 0 Å². The monoisotopic (exact) mass is 438 g/mol. The van der Waals surface area contributed by atoms with Crippen LogP contribution >= 0.6 is 0 Å². The van der Waals surface area contributed by atoms with Gasteiger partial charge in [-0.15, -0.1) is 0 Å². The van der Waals surface area contributed by atoms with Gasteiger partial charge >= 0.3 is 5.97 Å². The average molecular weight is 439 g/mol. The van der Waals surface area contributed by atoms with Gasteiger partial charge in [-0.1, -0.05) is 149 Å². The Balaban J connectivity index is 3.15. The third-order valence-electron chi connectivity index (χ3n) is 6.42. The van der Waals surface area contributed by atoms with Crippen LogP contribution in [0.2, 0.25) is 0 Å². The molecule has 0 N–H and O–H groups in total. The van der Waals surface area contributed by atoms with Crippen molar-refractivity contribution in [1.29, 1.82) is 0 Å². The van der Waals surface area contributed by atoms with Gasteiger partial charge in [-0.2, -0.15) is 0 Å². The number of hydrogen-bond acceptors (Lipinski definition) is 2. The molecule has 0 heterocycles. The van der Waals surface area contributed by atoms with Gasteiger partial charge < -0.3 is 4.74 Å². The van der Waals surface area contributed by atoms with Gasteiger partial charge in [-0.05, 0) is 18.8 Å². The quantitative estimate of drug-likeness (QED) is 0.105. The smallest absolute Gasteiger partial charge is 0.305 e. The lowest BCUT2D eigenvalue weighted by atomic mass is 10.0. The molecule has 0 fully saturated rings. The highest BCUT2D eigenvalue weighted by Crippen LogP contribution is 2.14. The summed E-state index contributed by atoms with van der Waals surface area (Å²) in [4.78, 5) is 11.8. The van der Waals surface area contributed by atoms with E-state index in [-0.39, 0.29) is 5.97 Å². The van der Waals surface area contributed by atoms with Gasteiger partial charge in [0.2, 0.25) is 0 Å². The van der Waals surface area contributed by atoms with E-state index in [1.807, 2.05) is 0 Å². The normalized spacial score (nSPS) is 11.4. The molecule has 0 saturated carbocycles. The van der Waals surface area contributed by atoms with Crippen molar-refractivity contribution in [2.45, 2.75) is 168 Å². The molecule has 2 heteroatoms. The maximum absolute atomic E-state index is 11.8. The van der Waals surface area contributed by atoms with Crippen LogP contribution in [0.4, 0.5) is 0 Å². The molecule has 0 aromatic heterocycles. The Morgan fingerprint density at radius 1 is 0.548 bits per heavy atom. The molecule has 0 spiro atoms. The Morgan fingerprint density at radius 3 is 1.39 bits per heavy atom. The fourth-order valence-electron chi connectivity index (χ4n) is 4.26. The zero-order valence-electron chi connectivity index (χ0n) is 21.9. The number of rotatable bonds is 25. The Kier molecular flexibility index (Phi) is 25.3. The van der Waals surface area contributed by atoms with Gasteiger partial charge in [0.05, 0.1) is 6.61 Å². The SMILES string of the molecule is CCCCCCCCCCCCCCCOC(=O)CCCCCCCCCCC(C)C. The molecule has 0 aliphatic rings. The lowest BCUT2D eigenvalue weighted by Gasteiger charge is -2.06. The largest absolute Gasteiger partial charge is 0.466 e. The molecule has 31 heavy (non-hydrogen) atoms. The molecule has 0 aliphatic heterocycles. The van der Waals surface area contributed by atoms with E-state index in [4.69, 9.17) is 4.74 Å². The van der Waals surface area contributed by atoms with E-state index in [0.29, 0.717) is 13.0 Å². The van der Waals surface area contributed by atoms with Crippen LogP contribution in [0, 0.1) is 5.92 Å². The van der Waals surface area contributed by atoms with Crippen LogP contribution < -0.4 is 0 Å². The highest BCUT2D eigenvalue weighted by atomic mass is 16.5. The highest BCUT2D eigenvalue weighted by molar-refractivity contribution is 5.69. The van der Waals surface area contributed by atoms with Crippen molar-refractivity contribution in [2.24, 2.45) is 5.92 Å². The second kappa shape index (κ2) is 25.7. The molecule has 186 valence electrons. The molecule has 0 bridgehead atoms. The molecule has 0 radical (unpaired) electrons. The van der Waals surface area contributed by atoms with Gasteiger partial charge in [-0.25, -0.2) is 0 Å². The zero-order chi connectivity index (χ0) is 22.8. The van der Waals surface area contributed by atoms with Crippen LogP contribution in [0.15, 0.2) is 0 Å². The van der Waals surface area contributed by atoms with Crippen molar-refractivity contribution in [3.8, 4) is 0 Å². The molecule has 0 rings (SSSR count). The van der Waals surface area contributed by atoms with E-state index in [1.165, 1.54) is 128 Å². The molecule has 0 atom stereocenters. The third-order valence-corrected chi connectivity index (χ3v) is 6.42. The number of ether oxygens (including phenoxy) is 1. The Hall–Kier alpha value is -0.530. The van der Waals surface area contributed by atoms with Crippen LogP contribution in [0.3, 0.4) is 0 Å². The molecule has 2 nitrogen and oxygen atoms in total. The van der Waals surface area contributed by atoms with Gasteiger partial charge in [-0.3, -0.25) is 4.79 Å². The van der Waals surface area contributed by atoms with Crippen LogP contribution in [-0.4, -0.2) is 12.6 Å². The maximum atomic E-state index is 11.8. The van der Waals surface area contributed by atoms with E-state index in [2.05, 4.69) is 20.8 Å². The van der Waals surface area contributed by atoms with Gasteiger partial charge in [0.25, 0.3) is 0 Å². The molecule has 0 unspecified atom stereocenters. The lowest BCUT2D eigenvalue weighted by molar-refractivity contribution is -0.143. The van der Waals surface area contributed by atoms with Crippen molar-refractivity contribution >= 4 is 5.97 Å². The van der Waals surface area contributed by atoms with Crippen LogP contribution in [-0.2, 0) is 9.53 Å². The van der Waals surface area contributed by atoms with Crippen molar-refractivity contribution < 1.29 is 9.53 Å². The average Bonchev–Trinajstić information content (AvgIpc) is 2.75. The fourth-order valence-corrected chi connectivity index (χ4v) is 4.26. The molecular weight excluding hydrogens is 380 g/mol. The summed E-state index contributed by atoms with van der Waals surface area (Å²) >= 11 is 0. The van der Waals surface area contributed by atoms with E-state index in [1.54, 1.807) is 0 Å². The predicted molar refractivity (Wildman–Crippen MR) is 138 cm³/mol. The summed E-state index contributed by atoms with van der Waals surface area (Å²) < 4.78 is 5.39. The van der Waals surface area contributed by atoms with Crippen LogP contribution in [0.5, 0.6) is 0 Å². The predicted octanol–water partition coefficient (Wildman–Crippen LogP) is 10.2. The highest BCUT2D eigenvalue weighted by Gasteiger charge is 2.02. The summed E-state index contributed by atoms with van der Waals surface area (Å²) in [6.07, 6.45) is 29.9. The van der Waals surface area contributed by atoms with Crippen molar-refractivity contribution in [3.63, 3.8) is 0 Å². The summed E-state index contributed by atoms with van der Waals surface area (Å²) in [7, 11) is 0. The summed E-state index contributed by atoms with van der Waals surface area (Å²) in [6.45, 7) is 7.53. The van der Waals surface area contributed by atoms with Crippen molar-refractivity contribution in [1.82, 2.24) is 0 Å². The van der Waals surface area contributed by atoms with Gasteiger partial charge in [0.1, 0.15) is 0 Å². The Labute approximate surface area is 196 Å². The van der Waals surface area contributed by atoms with Crippen LogP contribution in [0.25, 0.3) is 0 Å². The first kappa shape index (κ1) is 30.5. The molecule has 0 aromatic carbocycles. The molecule has 0 aliphatic carbocycles. The molecule has 0 aromatic rings. The second-order valence-corrected chi connectivity index (χ2v) is 10.2. The summed E-state index contributed by atoms with van der Waals surface area (Å²) in [5, 5.41) is 0. The third kappa shape index (κ3) is 27.4. The first-order chi connectivity index (χ1) is 15.2. The van der Waals surface area contributed by atoms with Gasteiger partial charge in [0.15, 0.2) is 0 Å². The van der Waals surface area contributed by atoms with Crippen molar-refractivity contribution in [3.05, 3.63) is 0 Å². The number of hydrogen-bond donors (Lipinski definition) is 0. The standard InChI is InChI=1S/C29H58O2/c1-4-5-6-7-8-9-10-11-12-15-18-21-24-27-31-29(30)26-23-20-17-14-13-16-19-22-25-28(2)3/h28H,4-27H2,1-3H3. The topological polar surface area (TPSA) is 26.3 Å². The molecule has 0 amide bonds. The summed E-state index contributed by atoms with van der Waals surface area (Å²) in [5.74, 6) is 0.872. The fraction of sp³-hybridized carbons (Fsp3) is 0.966. The van der Waals surface area contributed by atoms with Crippen molar-refractivity contribution in [2.75, 3.05) is 6.61 Å². The minimum Gasteiger partial charge on any atom is -0.466 e. The first-order valence-corrected chi connectivity index (χ1v) is 14.3. The molecular formula is C29H58O2. The van der Waals surface area contributed by atoms with Gasteiger partial charge in [0, 0.05) is 6.42 Å². The number of carbonyl (C=O) groups is 1. The van der Waals surface area contributed by atoms with E-state index >= 15 is 0 Å². The number of carbonyl (C=O) groups excluding carboxylic acids is 1. The first-order valence-electron chi connectivity index (χ1n) is 14.3. The minimum absolute atomic E-state index is 0.0209. The summed E-state index contributed by atoms with van der Waals surface area (Å²) in [5.41, 5.74) is 0. The maximum Gasteiger partial charge on any atom is 0.305 e. The van der Waals surface area contributed by atoms with E-state index in [9.17, 15) is 4.79 Å².